The van der Waals surface area contributed by atoms with Gasteiger partial charge in [0.1, 0.15) is 5.03 Å². The van der Waals surface area contributed by atoms with Gasteiger partial charge >= 0.3 is 5.69 Å². The highest BCUT2D eigenvalue weighted by Gasteiger charge is 2.22. The predicted octanol–water partition coefficient (Wildman–Crippen LogP) is 4.67. The first-order chi connectivity index (χ1) is 13.0. The van der Waals surface area contributed by atoms with Crippen LogP contribution in [-0.2, 0) is 25.1 Å². The number of rotatable bonds is 8. The average molecular weight is 426 g/mol. The Labute approximate surface area is 174 Å². The quantitative estimate of drug-likeness (QED) is 0.454. The van der Waals surface area contributed by atoms with Gasteiger partial charge in [-0.3, -0.25) is 4.57 Å². The molecule has 0 N–H and O–H groups in total. The zero-order valence-corrected chi connectivity index (χ0v) is 18.1. The minimum absolute atomic E-state index is 0.126. The van der Waals surface area contributed by atoms with Gasteiger partial charge < -0.3 is 4.90 Å². The van der Waals surface area contributed by atoms with E-state index < -0.39 is 0 Å². The van der Waals surface area contributed by atoms with E-state index in [9.17, 15) is 4.79 Å². The lowest BCUT2D eigenvalue weighted by molar-refractivity contribution is 0.286. The van der Waals surface area contributed by atoms with Crippen LogP contribution in [0.1, 0.15) is 37.1 Å². The second-order valence-corrected chi connectivity index (χ2v) is 8.47. The summed E-state index contributed by atoms with van der Waals surface area (Å²) in [7, 11) is 0. The van der Waals surface area contributed by atoms with Crippen LogP contribution in [0.4, 0.5) is 0 Å². The van der Waals surface area contributed by atoms with Crippen LogP contribution in [0.15, 0.2) is 28.0 Å². The maximum absolute atomic E-state index is 12.7. The monoisotopic (exact) mass is 425 g/mol. The molecule has 1 aliphatic rings. The Balaban J connectivity index is 1.79. The highest BCUT2D eigenvalue weighted by atomic mass is 35.5. The molecule has 1 heterocycles. The van der Waals surface area contributed by atoms with Crippen molar-refractivity contribution in [2.24, 2.45) is 0 Å². The van der Waals surface area contributed by atoms with Gasteiger partial charge in [0.2, 0.25) is 0 Å². The fourth-order valence-corrected chi connectivity index (χ4v) is 4.84. The van der Waals surface area contributed by atoms with E-state index in [-0.39, 0.29) is 5.69 Å². The molecule has 0 bridgehead atoms. The molecule has 0 radical (unpaired) electrons. The number of halogens is 2. The number of hydrogen-bond acceptors (Lipinski definition) is 4. The molecule has 7 heteroatoms. The van der Waals surface area contributed by atoms with Gasteiger partial charge in [-0.05, 0) is 50.0 Å². The fourth-order valence-electron chi connectivity index (χ4n) is 3.50. The second-order valence-electron chi connectivity index (χ2n) is 6.69. The predicted molar refractivity (Wildman–Crippen MR) is 114 cm³/mol. The lowest BCUT2D eigenvalue weighted by atomic mass is 10.2. The van der Waals surface area contributed by atoms with Gasteiger partial charge in [0.25, 0.3) is 0 Å². The SMILES string of the molecule is CCN(CC)CCn1c2c(c(SCc3ccc(Cl)c(Cl)c3)nc1=O)CCC2. The number of aromatic nitrogens is 2. The summed E-state index contributed by atoms with van der Waals surface area (Å²) in [6.45, 7) is 7.90. The number of likely N-dealkylation sites (N-methyl/N-ethyl adjacent to an activating group) is 1. The molecule has 0 atom stereocenters. The minimum atomic E-state index is -0.126. The fraction of sp³-hybridized carbons (Fsp3) is 0.500. The maximum Gasteiger partial charge on any atom is 0.348 e. The molecule has 146 valence electrons. The Bertz CT molecular complexity index is 865. The molecule has 0 unspecified atom stereocenters. The molecular formula is C20H25Cl2N3OS. The van der Waals surface area contributed by atoms with Gasteiger partial charge in [-0.25, -0.2) is 4.79 Å². The molecule has 0 aliphatic heterocycles. The van der Waals surface area contributed by atoms with Crippen LogP contribution in [0.2, 0.25) is 10.0 Å². The van der Waals surface area contributed by atoms with Gasteiger partial charge in [0.05, 0.1) is 10.0 Å². The van der Waals surface area contributed by atoms with Crippen LogP contribution in [0, 0.1) is 0 Å². The Morgan fingerprint density at radius 1 is 1.19 bits per heavy atom. The summed E-state index contributed by atoms with van der Waals surface area (Å²) in [6, 6.07) is 5.65. The second kappa shape index (κ2) is 9.46. The molecule has 0 saturated heterocycles. The average Bonchev–Trinajstić information content (AvgIpc) is 3.14. The van der Waals surface area contributed by atoms with Crippen LogP contribution >= 0.6 is 35.0 Å². The van der Waals surface area contributed by atoms with Crippen molar-refractivity contribution in [2.75, 3.05) is 19.6 Å². The zero-order valence-electron chi connectivity index (χ0n) is 15.8. The molecular weight excluding hydrogens is 401 g/mol. The van der Waals surface area contributed by atoms with Crippen molar-refractivity contribution < 1.29 is 0 Å². The van der Waals surface area contributed by atoms with Crippen molar-refractivity contribution >= 4 is 35.0 Å². The Morgan fingerprint density at radius 3 is 2.67 bits per heavy atom. The highest BCUT2D eigenvalue weighted by molar-refractivity contribution is 7.98. The smallest absolute Gasteiger partial charge is 0.302 e. The number of fused-ring (bicyclic) bond motifs is 1. The molecule has 1 aromatic heterocycles. The summed E-state index contributed by atoms with van der Waals surface area (Å²) in [6.07, 6.45) is 3.05. The van der Waals surface area contributed by atoms with Gasteiger partial charge in [-0.2, -0.15) is 4.98 Å². The molecule has 0 amide bonds. The van der Waals surface area contributed by atoms with Gasteiger partial charge in [0.15, 0.2) is 0 Å². The maximum atomic E-state index is 12.7. The summed E-state index contributed by atoms with van der Waals surface area (Å²) >= 11 is 13.7. The minimum Gasteiger partial charge on any atom is -0.302 e. The number of thioether (sulfide) groups is 1. The van der Waals surface area contributed by atoms with E-state index >= 15 is 0 Å². The number of nitrogens with zero attached hydrogens (tertiary/aromatic N) is 3. The summed E-state index contributed by atoms with van der Waals surface area (Å²) in [5.74, 6) is 0.721. The topological polar surface area (TPSA) is 38.1 Å². The first kappa shape index (κ1) is 20.7. The van der Waals surface area contributed by atoms with Crippen molar-refractivity contribution in [3.05, 3.63) is 55.5 Å². The Hall–Kier alpha value is -1.01. The third-order valence-corrected chi connectivity index (χ3v) is 6.92. The summed E-state index contributed by atoms with van der Waals surface area (Å²) in [5, 5.41) is 1.98. The number of hydrogen-bond donors (Lipinski definition) is 0. The Kier molecular flexibility index (Phi) is 7.26. The van der Waals surface area contributed by atoms with E-state index in [1.54, 1.807) is 11.8 Å². The normalized spacial score (nSPS) is 13.4. The van der Waals surface area contributed by atoms with E-state index in [4.69, 9.17) is 23.2 Å². The van der Waals surface area contributed by atoms with Crippen molar-refractivity contribution in [3.63, 3.8) is 0 Å². The molecule has 1 aromatic carbocycles. The van der Waals surface area contributed by atoms with E-state index in [1.165, 1.54) is 11.3 Å². The first-order valence-corrected chi connectivity index (χ1v) is 11.2. The van der Waals surface area contributed by atoms with Crippen molar-refractivity contribution in [3.8, 4) is 0 Å². The van der Waals surface area contributed by atoms with Crippen LogP contribution in [0.3, 0.4) is 0 Å². The van der Waals surface area contributed by atoms with Crippen LogP contribution < -0.4 is 5.69 Å². The third kappa shape index (κ3) is 4.89. The molecule has 0 fully saturated rings. The van der Waals surface area contributed by atoms with E-state index in [1.807, 2.05) is 22.8 Å². The van der Waals surface area contributed by atoms with Gasteiger partial charge in [0, 0.05) is 30.1 Å². The van der Waals surface area contributed by atoms with E-state index in [2.05, 4.69) is 23.7 Å². The molecule has 0 spiro atoms. The van der Waals surface area contributed by atoms with Crippen molar-refractivity contribution in [1.82, 2.24) is 14.5 Å². The van der Waals surface area contributed by atoms with Gasteiger partial charge in [-0.1, -0.05) is 43.1 Å². The lowest BCUT2D eigenvalue weighted by Crippen LogP contribution is -2.33. The van der Waals surface area contributed by atoms with Crippen LogP contribution in [-0.4, -0.2) is 34.1 Å². The largest absolute Gasteiger partial charge is 0.348 e. The van der Waals surface area contributed by atoms with Crippen LogP contribution in [0.25, 0.3) is 0 Å². The molecule has 0 saturated carbocycles. The number of benzene rings is 1. The van der Waals surface area contributed by atoms with E-state index in [0.717, 1.165) is 55.2 Å². The third-order valence-electron chi connectivity index (χ3n) is 5.09. The molecule has 27 heavy (non-hydrogen) atoms. The standard InChI is InChI=1S/C20H25Cl2N3OS/c1-3-24(4-2)10-11-25-18-7-5-6-15(18)19(23-20(25)26)27-13-14-8-9-16(21)17(22)12-14/h8-9,12H,3-7,10-11,13H2,1-2H3. The molecule has 3 rings (SSSR count). The van der Waals surface area contributed by atoms with Gasteiger partial charge in [-0.15, -0.1) is 11.8 Å². The summed E-state index contributed by atoms with van der Waals surface area (Å²) in [4.78, 5) is 19.4. The van der Waals surface area contributed by atoms with Crippen LogP contribution in [0.5, 0.6) is 0 Å². The summed E-state index contributed by atoms with van der Waals surface area (Å²) in [5.41, 5.74) is 3.38. The Morgan fingerprint density at radius 2 is 1.96 bits per heavy atom. The lowest BCUT2D eigenvalue weighted by Gasteiger charge is -2.20. The summed E-state index contributed by atoms with van der Waals surface area (Å²) < 4.78 is 1.89. The molecule has 2 aromatic rings. The highest BCUT2D eigenvalue weighted by Crippen LogP contribution is 2.32. The van der Waals surface area contributed by atoms with E-state index in [0.29, 0.717) is 16.6 Å². The first-order valence-electron chi connectivity index (χ1n) is 9.45. The molecule has 1 aliphatic carbocycles. The van der Waals surface area contributed by atoms with Crippen molar-refractivity contribution in [2.45, 2.75) is 50.4 Å². The van der Waals surface area contributed by atoms with Crippen molar-refractivity contribution in [1.29, 1.82) is 0 Å². The molecule has 4 nitrogen and oxygen atoms in total. The zero-order chi connectivity index (χ0) is 19.4.